The van der Waals surface area contributed by atoms with Crippen LogP contribution in [-0.2, 0) is 9.47 Å². The minimum atomic E-state index is -0.775. The topological polar surface area (TPSA) is 57.2 Å². The molecule has 1 saturated heterocycles. The van der Waals surface area contributed by atoms with Gasteiger partial charge in [-0.25, -0.2) is 0 Å². The molecule has 1 heterocycles. The second-order valence-electron chi connectivity index (χ2n) is 6.09. The Morgan fingerprint density at radius 2 is 1.68 bits per heavy atom. The van der Waals surface area contributed by atoms with Crippen LogP contribution in [0.25, 0.3) is 0 Å². The summed E-state index contributed by atoms with van der Waals surface area (Å²) in [5.41, 5.74) is 3.39. The smallest absolute Gasteiger partial charge is 0.187 e. The number of hydrogen-bond donors (Lipinski definition) is 1. The number of methoxy groups -OCH3 is 2. The van der Waals surface area contributed by atoms with Gasteiger partial charge in [-0.15, -0.1) is 0 Å². The van der Waals surface area contributed by atoms with Crippen LogP contribution in [0.5, 0.6) is 11.5 Å². The van der Waals surface area contributed by atoms with Gasteiger partial charge >= 0.3 is 0 Å². The molecule has 0 aliphatic carbocycles. The maximum absolute atomic E-state index is 10.8. The number of rotatable bonds is 5. The van der Waals surface area contributed by atoms with Crippen molar-refractivity contribution in [3.05, 3.63) is 58.7 Å². The second-order valence-corrected chi connectivity index (χ2v) is 6.09. The van der Waals surface area contributed by atoms with Crippen LogP contribution < -0.4 is 9.47 Å². The third-order valence-electron chi connectivity index (χ3n) is 4.32. The van der Waals surface area contributed by atoms with Crippen LogP contribution in [0.1, 0.15) is 41.1 Å². The summed E-state index contributed by atoms with van der Waals surface area (Å²) in [5, 5.41) is 10.8. The van der Waals surface area contributed by atoms with Crippen molar-refractivity contribution in [2.24, 2.45) is 0 Å². The van der Waals surface area contributed by atoms with Crippen molar-refractivity contribution in [3.63, 3.8) is 0 Å². The van der Waals surface area contributed by atoms with Gasteiger partial charge in [-0.1, -0.05) is 29.8 Å². The van der Waals surface area contributed by atoms with E-state index in [0.29, 0.717) is 30.3 Å². The van der Waals surface area contributed by atoms with Crippen molar-refractivity contribution >= 4 is 0 Å². The Kier molecular flexibility index (Phi) is 5.58. The third-order valence-corrected chi connectivity index (χ3v) is 4.32. The Labute approximate surface area is 148 Å². The molecule has 0 saturated carbocycles. The summed E-state index contributed by atoms with van der Waals surface area (Å²) in [6.45, 7) is 3.27. The Balaban J connectivity index is 2.02. The van der Waals surface area contributed by atoms with E-state index in [2.05, 4.69) is 0 Å². The molecule has 1 aliphatic heterocycles. The first-order valence-electron chi connectivity index (χ1n) is 8.37. The van der Waals surface area contributed by atoms with E-state index in [0.717, 1.165) is 23.1 Å². The lowest BCUT2D eigenvalue weighted by Gasteiger charge is -2.26. The Morgan fingerprint density at radius 1 is 1.00 bits per heavy atom. The van der Waals surface area contributed by atoms with E-state index in [9.17, 15) is 5.11 Å². The van der Waals surface area contributed by atoms with Gasteiger partial charge in [-0.2, -0.15) is 0 Å². The fourth-order valence-corrected chi connectivity index (χ4v) is 2.96. The summed E-state index contributed by atoms with van der Waals surface area (Å²) in [6.07, 6.45) is -0.438. The van der Waals surface area contributed by atoms with Crippen LogP contribution in [0.15, 0.2) is 36.4 Å². The molecule has 0 amide bonds. The first kappa shape index (κ1) is 17.7. The number of aryl methyl sites for hydroxylation is 1. The molecule has 0 radical (unpaired) electrons. The fourth-order valence-electron chi connectivity index (χ4n) is 2.96. The largest absolute Gasteiger partial charge is 0.493 e. The molecular formula is C20H24O5. The Morgan fingerprint density at radius 3 is 2.28 bits per heavy atom. The minimum Gasteiger partial charge on any atom is -0.493 e. The molecule has 1 N–H and O–H groups in total. The zero-order chi connectivity index (χ0) is 17.8. The molecule has 5 heteroatoms. The normalized spacial score (nSPS) is 16.5. The molecule has 1 unspecified atom stereocenters. The zero-order valence-electron chi connectivity index (χ0n) is 14.8. The molecule has 0 aromatic heterocycles. The van der Waals surface area contributed by atoms with Gasteiger partial charge in [0.05, 0.1) is 33.0 Å². The molecule has 5 nitrogen and oxygen atoms in total. The SMILES string of the molecule is COc1cc(C(O)c2ccc(C)cc2)cc(C2OCCCO2)c1OC. The highest BCUT2D eigenvalue weighted by Gasteiger charge is 2.26. The predicted molar refractivity (Wildman–Crippen MR) is 94.0 cm³/mol. The predicted octanol–water partition coefficient (Wildman–Crippen LogP) is 3.53. The van der Waals surface area contributed by atoms with E-state index in [1.807, 2.05) is 37.3 Å². The summed E-state index contributed by atoms with van der Waals surface area (Å²) in [7, 11) is 3.16. The van der Waals surface area contributed by atoms with Crippen molar-refractivity contribution < 1.29 is 24.1 Å². The van der Waals surface area contributed by atoms with Crippen LogP contribution in [0, 0.1) is 6.92 Å². The molecule has 134 valence electrons. The van der Waals surface area contributed by atoms with Gasteiger partial charge < -0.3 is 24.1 Å². The standard InChI is InChI=1S/C20H24O5/c1-13-5-7-14(8-6-13)18(21)15-11-16(20-24-9-4-10-25-20)19(23-3)17(12-15)22-2/h5-8,11-12,18,20-21H,4,9-10H2,1-3H3. The maximum atomic E-state index is 10.8. The average molecular weight is 344 g/mol. The van der Waals surface area contributed by atoms with E-state index >= 15 is 0 Å². The van der Waals surface area contributed by atoms with Crippen molar-refractivity contribution in [2.45, 2.75) is 25.7 Å². The highest BCUT2D eigenvalue weighted by Crippen LogP contribution is 2.41. The van der Waals surface area contributed by atoms with Gasteiger partial charge in [0.15, 0.2) is 17.8 Å². The highest BCUT2D eigenvalue weighted by atomic mass is 16.7. The minimum absolute atomic E-state index is 0.525. The molecule has 3 rings (SSSR count). The third kappa shape index (κ3) is 3.79. The average Bonchev–Trinajstić information content (AvgIpc) is 2.67. The van der Waals surface area contributed by atoms with Gasteiger partial charge in [0.25, 0.3) is 0 Å². The van der Waals surface area contributed by atoms with Gasteiger partial charge in [-0.05, 0) is 36.6 Å². The maximum Gasteiger partial charge on any atom is 0.187 e. The van der Waals surface area contributed by atoms with Crippen LogP contribution in [0.2, 0.25) is 0 Å². The van der Waals surface area contributed by atoms with E-state index in [-0.39, 0.29) is 0 Å². The van der Waals surface area contributed by atoms with Crippen LogP contribution in [0.3, 0.4) is 0 Å². The molecule has 0 spiro atoms. The molecular weight excluding hydrogens is 320 g/mol. The molecule has 1 fully saturated rings. The lowest BCUT2D eigenvalue weighted by atomic mass is 9.97. The fraction of sp³-hybridized carbons (Fsp3) is 0.400. The first-order valence-corrected chi connectivity index (χ1v) is 8.37. The van der Waals surface area contributed by atoms with E-state index in [1.54, 1.807) is 20.3 Å². The van der Waals surface area contributed by atoms with E-state index in [1.165, 1.54) is 0 Å². The lowest BCUT2D eigenvalue weighted by molar-refractivity contribution is -0.183. The lowest BCUT2D eigenvalue weighted by Crippen LogP contribution is -2.19. The number of hydrogen-bond acceptors (Lipinski definition) is 5. The molecule has 0 bridgehead atoms. The first-order chi connectivity index (χ1) is 12.1. The van der Waals surface area contributed by atoms with Gasteiger partial charge in [0, 0.05) is 0 Å². The Bertz CT molecular complexity index is 705. The number of benzene rings is 2. The number of ether oxygens (including phenoxy) is 4. The highest BCUT2D eigenvalue weighted by molar-refractivity contribution is 5.52. The number of aliphatic hydroxyl groups is 1. The summed E-state index contributed by atoms with van der Waals surface area (Å²) >= 11 is 0. The monoisotopic (exact) mass is 344 g/mol. The van der Waals surface area contributed by atoms with Crippen molar-refractivity contribution in [2.75, 3.05) is 27.4 Å². The van der Waals surface area contributed by atoms with E-state index < -0.39 is 12.4 Å². The summed E-state index contributed by atoms with van der Waals surface area (Å²) in [5.74, 6) is 1.10. The molecule has 1 atom stereocenters. The quantitative estimate of drug-likeness (QED) is 0.899. The van der Waals surface area contributed by atoms with Gasteiger partial charge in [0.2, 0.25) is 0 Å². The molecule has 2 aromatic rings. The summed E-state index contributed by atoms with van der Waals surface area (Å²) in [6, 6.07) is 11.5. The molecule has 1 aliphatic rings. The van der Waals surface area contributed by atoms with Crippen LogP contribution >= 0.6 is 0 Å². The van der Waals surface area contributed by atoms with Crippen LogP contribution in [-0.4, -0.2) is 32.5 Å². The summed E-state index contributed by atoms with van der Waals surface area (Å²) in [4.78, 5) is 0. The summed E-state index contributed by atoms with van der Waals surface area (Å²) < 4.78 is 22.4. The van der Waals surface area contributed by atoms with Crippen LogP contribution in [0.4, 0.5) is 0 Å². The van der Waals surface area contributed by atoms with Gasteiger partial charge in [0.1, 0.15) is 6.10 Å². The molecule has 25 heavy (non-hydrogen) atoms. The number of aliphatic hydroxyl groups excluding tert-OH is 1. The van der Waals surface area contributed by atoms with Gasteiger partial charge in [-0.3, -0.25) is 0 Å². The molecule has 2 aromatic carbocycles. The van der Waals surface area contributed by atoms with E-state index in [4.69, 9.17) is 18.9 Å². The second kappa shape index (κ2) is 7.87. The zero-order valence-corrected chi connectivity index (χ0v) is 14.8. The van der Waals surface area contributed by atoms with Crippen molar-refractivity contribution in [3.8, 4) is 11.5 Å². The Hall–Kier alpha value is -2.08. The van der Waals surface area contributed by atoms with Crippen molar-refractivity contribution in [1.82, 2.24) is 0 Å². The van der Waals surface area contributed by atoms with Crippen molar-refractivity contribution in [1.29, 1.82) is 0 Å².